The Morgan fingerprint density at radius 3 is 2.29 bits per heavy atom. The summed E-state index contributed by atoms with van der Waals surface area (Å²) in [6.07, 6.45) is -0.512. The molecule has 2 aromatic rings. The zero-order valence-electron chi connectivity index (χ0n) is 13.7. The van der Waals surface area contributed by atoms with Crippen LogP contribution < -0.4 is 9.64 Å². The topological polar surface area (TPSA) is 56.2 Å². The van der Waals surface area contributed by atoms with E-state index in [1.54, 1.807) is 6.07 Å². The van der Waals surface area contributed by atoms with Gasteiger partial charge >= 0.3 is 0 Å². The molecule has 5 heteroatoms. The number of phenols is 1. The van der Waals surface area contributed by atoms with E-state index in [1.165, 1.54) is 0 Å². The summed E-state index contributed by atoms with van der Waals surface area (Å²) < 4.78 is 5.60. The third kappa shape index (κ3) is 4.40. The van der Waals surface area contributed by atoms with Gasteiger partial charge in [0.2, 0.25) is 0 Å². The van der Waals surface area contributed by atoms with Crippen LogP contribution in [-0.4, -0.2) is 60.5 Å². The van der Waals surface area contributed by atoms with Gasteiger partial charge in [-0.1, -0.05) is 30.3 Å². The highest BCUT2D eigenvalue weighted by molar-refractivity contribution is 5.57. The van der Waals surface area contributed by atoms with Crippen molar-refractivity contribution in [1.82, 2.24) is 4.90 Å². The predicted octanol–water partition coefficient (Wildman–Crippen LogP) is 1.95. The first-order chi connectivity index (χ1) is 11.7. The quantitative estimate of drug-likeness (QED) is 0.849. The van der Waals surface area contributed by atoms with Crippen LogP contribution in [0.1, 0.15) is 0 Å². The Morgan fingerprint density at radius 2 is 1.58 bits per heavy atom. The number of benzene rings is 2. The Morgan fingerprint density at radius 1 is 0.917 bits per heavy atom. The van der Waals surface area contributed by atoms with Crippen molar-refractivity contribution < 1.29 is 14.9 Å². The van der Waals surface area contributed by atoms with Crippen LogP contribution >= 0.6 is 0 Å². The van der Waals surface area contributed by atoms with Gasteiger partial charge in [-0.25, -0.2) is 0 Å². The molecule has 0 saturated carbocycles. The monoisotopic (exact) mass is 328 g/mol. The minimum atomic E-state index is -0.512. The van der Waals surface area contributed by atoms with Gasteiger partial charge in [-0.15, -0.1) is 0 Å². The lowest BCUT2D eigenvalue weighted by Crippen LogP contribution is -2.49. The molecular formula is C19H24N2O3. The summed E-state index contributed by atoms with van der Waals surface area (Å²) in [6, 6.07) is 17.0. The van der Waals surface area contributed by atoms with E-state index >= 15 is 0 Å². The van der Waals surface area contributed by atoms with Gasteiger partial charge in [-0.3, -0.25) is 4.90 Å². The number of β-amino-alcohol motifs (C(OH)–C–C–N with tert-alkyl or cyclic N) is 1. The van der Waals surface area contributed by atoms with Crippen LogP contribution in [0.5, 0.6) is 11.5 Å². The number of rotatable bonds is 6. The van der Waals surface area contributed by atoms with E-state index < -0.39 is 6.10 Å². The average Bonchev–Trinajstić information content (AvgIpc) is 2.62. The lowest BCUT2D eigenvalue weighted by atomic mass is 10.2. The van der Waals surface area contributed by atoms with E-state index in [2.05, 4.69) is 9.80 Å². The predicted molar refractivity (Wildman–Crippen MR) is 94.7 cm³/mol. The molecular weight excluding hydrogens is 304 g/mol. The molecule has 0 aromatic heterocycles. The first-order valence-electron chi connectivity index (χ1n) is 8.33. The van der Waals surface area contributed by atoms with E-state index in [0.29, 0.717) is 18.9 Å². The van der Waals surface area contributed by atoms with Crippen LogP contribution in [0.4, 0.5) is 5.69 Å². The van der Waals surface area contributed by atoms with Gasteiger partial charge in [0.15, 0.2) is 0 Å². The van der Waals surface area contributed by atoms with Gasteiger partial charge in [0.05, 0.1) is 5.69 Å². The van der Waals surface area contributed by atoms with Crippen LogP contribution in [0.15, 0.2) is 54.6 Å². The highest BCUT2D eigenvalue weighted by Crippen LogP contribution is 2.27. The van der Waals surface area contributed by atoms with Crippen molar-refractivity contribution in [3.05, 3.63) is 54.6 Å². The third-order valence-electron chi connectivity index (χ3n) is 4.25. The minimum absolute atomic E-state index is 0.295. The molecule has 2 aromatic carbocycles. The molecule has 0 spiro atoms. The lowest BCUT2D eigenvalue weighted by molar-refractivity contribution is 0.0663. The number of aliphatic hydroxyl groups excluding tert-OH is 1. The third-order valence-corrected chi connectivity index (χ3v) is 4.25. The first-order valence-corrected chi connectivity index (χ1v) is 8.33. The molecule has 1 unspecified atom stereocenters. The van der Waals surface area contributed by atoms with Crippen molar-refractivity contribution >= 4 is 5.69 Å². The normalized spacial score (nSPS) is 16.8. The number of phenolic OH excluding ortho intramolecular Hbond substituents is 1. The Hall–Kier alpha value is -2.24. The van der Waals surface area contributed by atoms with E-state index in [4.69, 9.17) is 4.74 Å². The molecule has 1 heterocycles. The maximum Gasteiger partial charge on any atom is 0.138 e. The first kappa shape index (κ1) is 16.6. The smallest absolute Gasteiger partial charge is 0.138 e. The van der Waals surface area contributed by atoms with Crippen LogP contribution in [-0.2, 0) is 0 Å². The van der Waals surface area contributed by atoms with Gasteiger partial charge in [0.25, 0.3) is 0 Å². The van der Waals surface area contributed by atoms with Crippen molar-refractivity contribution in [1.29, 1.82) is 0 Å². The Balaban J connectivity index is 1.43. The summed E-state index contributed by atoms with van der Waals surface area (Å²) in [5.74, 6) is 1.10. The van der Waals surface area contributed by atoms with Crippen molar-refractivity contribution in [2.45, 2.75) is 6.10 Å². The zero-order chi connectivity index (χ0) is 16.8. The van der Waals surface area contributed by atoms with Crippen LogP contribution in [0.3, 0.4) is 0 Å². The molecule has 128 valence electrons. The van der Waals surface area contributed by atoms with Gasteiger partial charge in [-0.05, 0) is 24.3 Å². The van der Waals surface area contributed by atoms with Crippen LogP contribution in [0, 0.1) is 0 Å². The number of para-hydroxylation sites is 3. The summed E-state index contributed by atoms with van der Waals surface area (Å²) in [4.78, 5) is 4.41. The number of piperazine rings is 1. The highest BCUT2D eigenvalue weighted by Gasteiger charge is 2.21. The van der Waals surface area contributed by atoms with E-state index in [-0.39, 0.29) is 0 Å². The number of hydrogen-bond acceptors (Lipinski definition) is 5. The molecule has 1 fully saturated rings. The maximum absolute atomic E-state index is 10.2. The molecule has 3 rings (SSSR count). The van der Waals surface area contributed by atoms with Crippen molar-refractivity contribution in [2.24, 2.45) is 0 Å². The largest absolute Gasteiger partial charge is 0.506 e. The molecule has 1 aliphatic heterocycles. The standard InChI is InChI=1S/C19H24N2O3/c22-16(15-24-17-6-2-1-3-7-17)14-20-10-12-21(13-11-20)18-8-4-5-9-19(18)23/h1-9,16,22-23H,10-15H2. The van der Waals surface area contributed by atoms with Crippen molar-refractivity contribution in [3.63, 3.8) is 0 Å². The molecule has 5 nitrogen and oxygen atoms in total. The van der Waals surface area contributed by atoms with Gasteiger partial charge in [-0.2, -0.15) is 0 Å². The summed E-state index contributed by atoms with van der Waals surface area (Å²) in [5, 5.41) is 20.1. The second-order valence-electron chi connectivity index (χ2n) is 6.05. The van der Waals surface area contributed by atoms with Crippen LogP contribution in [0.25, 0.3) is 0 Å². The number of aliphatic hydroxyl groups is 1. The van der Waals surface area contributed by atoms with E-state index in [1.807, 2.05) is 48.5 Å². The van der Waals surface area contributed by atoms with Crippen molar-refractivity contribution in [2.75, 3.05) is 44.2 Å². The summed E-state index contributed by atoms with van der Waals surface area (Å²) in [7, 11) is 0. The molecule has 1 aliphatic rings. The molecule has 0 radical (unpaired) electrons. The molecule has 1 atom stereocenters. The molecule has 2 N–H and O–H groups in total. The van der Waals surface area contributed by atoms with Gasteiger partial charge in [0, 0.05) is 32.7 Å². The summed E-state index contributed by atoms with van der Waals surface area (Å²) in [6.45, 7) is 4.28. The molecule has 24 heavy (non-hydrogen) atoms. The van der Waals surface area contributed by atoms with Gasteiger partial charge in [0.1, 0.15) is 24.2 Å². The maximum atomic E-state index is 10.2. The fourth-order valence-corrected chi connectivity index (χ4v) is 2.96. The summed E-state index contributed by atoms with van der Waals surface area (Å²) in [5.41, 5.74) is 0.880. The molecule has 0 amide bonds. The second kappa shape index (κ2) is 8.04. The Kier molecular flexibility index (Phi) is 5.56. The van der Waals surface area contributed by atoms with Gasteiger partial charge < -0.3 is 19.8 Å². The fraction of sp³-hybridized carbons (Fsp3) is 0.368. The minimum Gasteiger partial charge on any atom is -0.506 e. The molecule has 1 saturated heterocycles. The number of anilines is 1. The molecule has 0 aliphatic carbocycles. The van der Waals surface area contributed by atoms with Crippen LogP contribution in [0.2, 0.25) is 0 Å². The fourth-order valence-electron chi connectivity index (χ4n) is 2.96. The highest BCUT2D eigenvalue weighted by atomic mass is 16.5. The Bertz CT molecular complexity index is 628. The summed E-state index contributed by atoms with van der Waals surface area (Å²) >= 11 is 0. The average molecular weight is 328 g/mol. The van der Waals surface area contributed by atoms with E-state index in [9.17, 15) is 10.2 Å². The lowest BCUT2D eigenvalue weighted by Gasteiger charge is -2.37. The number of hydrogen-bond donors (Lipinski definition) is 2. The second-order valence-corrected chi connectivity index (χ2v) is 6.05. The van der Waals surface area contributed by atoms with Crippen molar-refractivity contribution in [3.8, 4) is 11.5 Å². The SMILES string of the molecule is Oc1ccccc1N1CCN(CC(O)COc2ccccc2)CC1. The Labute approximate surface area is 142 Å². The van der Waals surface area contributed by atoms with E-state index in [0.717, 1.165) is 37.6 Å². The zero-order valence-corrected chi connectivity index (χ0v) is 13.7. The number of aromatic hydroxyl groups is 1. The number of ether oxygens (including phenoxy) is 1. The molecule has 0 bridgehead atoms. The number of nitrogens with zero attached hydrogens (tertiary/aromatic N) is 2.